The lowest BCUT2D eigenvalue weighted by atomic mass is 9.83. The molecule has 8 nitrogen and oxygen atoms in total. The predicted octanol–water partition coefficient (Wildman–Crippen LogP) is 3.93. The number of fused-ring (bicyclic) bond motifs is 5. The summed E-state index contributed by atoms with van der Waals surface area (Å²) >= 11 is 0. The molecule has 3 aromatic carbocycles. The van der Waals surface area contributed by atoms with E-state index in [9.17, 15) is 23.3 Å². The number of aromatic nitrogens is 1. The van der Waals surface area contributed by atoms with E-state index >= 15 is 0 Å². The Morgan fingerprint density at radius 1 is 0.921 bits per heavy atom. The third-order valence-electron chi connectivity index (χ3n) is 7.43. The van der Waals surface area contributed by atoms with E-state index in [0.717, 1.165) is 22.9 Å². The molecule has 190 valence electrons. The molecule has 6 rings (SSSR count). The van der Waals surface area contributed by atoms with Gasteiger partial charge in [-0.1, -0.05) is 42.5 Å². The molecule has 1 saturated heterocycles. The van der Waals surface area contributed by atoms with E-state index in [1.165, 1.54) is 24.3 Å². The molecule has 2 bridgehead atoms. The Labute approximate surface area is 219 Å². The van der Waals surface area contributed by atoms with Gasteiger partial charge in [0.25, 0.3) is 21.5 Å². The van der Waals surface area contributed by atoms with Gasteiger partial charge in [-0.2, -0.15) is 5.26 Å². The number of nitrogens with one attached hydrogen (secondary N) is 1. The number of benzene rings is 3. The molecule has 0 aliphatic carbocycles. The normalized spacial score (nSPS) is 18.4. The molecule has 2 atom stereocenters. The molecule has 1 amide bonds. The predicted molar refractivity (Wildman–Crippen MR) is 143 cm³/mol. The highest BCUT2D eigenvalue weighted by Gasteiger charge is 2.37. The number of nitrogens with zero attached hydrogens (tertiary/aromatic N) is 3. The van der Waals surface area contributed by atoms with E-state index in [4.69, 9.17) is 0 Å². The molecule has 1 fully saturated rings. The summed E-state index contributed by atoms with van der Waals surface area (Å²) < 4.78 is 30.0. The van der Waals surface area contributed by atoms with Crippen LogP contribution in [0.3, 0.4) is 0 Å². The summed E-state index contributed by atoms with van der Waals surface area (Å²) in [6.07, 6.45) is 0.863. The van der Waals surface area contributed by atoms with Crippen LogP contribution >= 0.6 is 0 Å². The Morgan fingerprint density at radius 3 is 2.50 bits per heavy atom. The minimum atomic E-state index is -4.13. The summed E-state index contributed by atoms with van der Waals surface area (Å²) in [6, 6.07) is 24.6. The molecule has 0 unspecified atom stereocenters. The molecule has 1 N–H and O–H groups in total. The molecule has 0 spiro atoms. The Kier molecular flexibility index (Phi) is 5.77. The fourth-order valence-electron chi connectivity index (χ4n) is 5.69. The number of sulfonamides is 1. The second kappa shape index (κ2) is 9.15. The van der Waals surface area contributed by atoms with E-state index in [1.54, 1.807) is 16.7 Å². The van der Waals surface area contributed by atoms with Crippen molar-refractivity contribution in [3.63, 3.8) is 0 Å². The van der Waals surface area contributed by atoms with Crippen molar-refractivity contribution in [2.75, 3.05) is 17.8 Å². The summed E-state index contributed by atoms with van der Waals surface area (Å²) in [7, 11) is -4.13. The molecular weight excluding hydrogens is 500 g/mol. The zero-order valence-electron chi connectivity index (χ0n) is 20.4. The maximum atomic E-state index is 13.4. The number of anilines is 1. The van der Waals surface area contributed by atoms with Gasteiger partial charge in [-0.3, -0.25) is 14.3 Å². The van der Waals surface area contributed by atoms with Crippen molar-refractivity contribution < 1.29 is 13.2 Å². The second-order valence-electron chi connectivity index (χ2n) is 9.87. The first-order chi connectivity index (χ1) is 18.3. The average molecular weight is 525 g/mol. The summed E-state index contributed by atoms with van der Waals surface area (Å²) in [5, 5.41) is 11.4. The van der Waals surface area contributed by atoms with Gasteiger partial charge in [0.2, 0.25) is 0 Å². The SMILES string of the molecule is N#Cc1ccccc1S(=O)(=O)Nc1ccc2n(c1=O)C[C@H]1C[C@@H]2CN(C(=O)c2ccc3ccccc3c2)C1. The third kappa shape index (κ3) is 4.13. The highest BCUT2D eigenvalue weighted by Crippen LogP contribution is 2.36. The Bertz CT molecular complexity index is 1810. The standard InChI is InChI=1S/C29H24N4O4S/c30-15-23-7-3-4-8-27(23)38(36,37)31-25-11-12-26-24-13-19(17-33(26)29(25)35)16-32(18-24)28(34)22-10-9-20-5-1-2-6-21(20)14-22/h1-12,14,19,24,31H,13,16-18H2/t19-,24+/m0/s1. The van der Waals surface area contributed by atoms with Gasteiger partial charge in [-0.25, -0.2) is 8.42 Å². The first kappa shape index (κ1) is 23.9. The third-order valence-corrected chi connectivity index (χ3v) is 8.85. The summed E-state index contributed by atoms with van der Waals surface area (Å²) in [4.78, 5) is 28.5. The second-order valence-corrected chi connectivity index (χ2v) is 11.5. The fraction of sp³-hybridized carbons (Fsp3) is 0.207. The number of likely N-dealkylation sites (tertiary alicyclic amines) is 1. The van der Waals surface area contributed by atoms with Crippen LogP contribution in [0.4, 0.5) is 5.69 Å². The van der Waals surface area contributed by atoms with Crippen molar-refractivity contribution >= 4 is 32.4 Å². The van der Waals surface area contributed by atoms with Crippen molar-refractivity contribution in [2.45, 2.75) is 23.8 Å². The van der Waals surface area contributed by atoms with Gasteiger partial charge < -0.3 is 9.47 Å². The van der Waals surface area contributed by atoms with Crippen LogP contribution in [0.15, 0.2) is 88.6 Å². The van der Waals surface area contributed by atoms with E-state index in [2.05, 4.69) is 4.72 Å². The van der Waals surface area contributed by atoms with Gasteiger partial charge in [0, 0.05) is 36.8 Å². The van der Waals surface area contributed by atoms with Gasteiger partial charge in [0.15, 0.2) is 0 Å². The molecule has 3 heterocycles. The van der Waals surface area contributed by atoms with Gasteiger partial charge in [0.1, 0.15) is 16.7 Å². The molecule has 2 aliphatic rings. The van der Waals surface area contributed by atoms with Gasteiger partial charge >= 0.3 is 0 Å². The number of piperidine rings is 1. The van der Waals surface area contributed by atoms with Gasteiger partial charge in [0.05, 0.1) is 5.56 Å². The van der Waals surface area contributed by atoms with Crippen molar-refractivity contribution in [3.8, 4) is 6.07 Å². The van der Waals surface area contributed by atoms with E-state index in [-0.39, 0.29) is 33.9 Å². The maximum Gasteiger partial charge on any atom is 0.275 e. The zero-order valence-corrected chi connectivity index (χ0v) is 21.2. The number of rotatable bonds is 4. The number of carbonyl (C=O) groups excluding carboxylic acids is 1. The van der Waals surface area contributed by atoms with Crippen molar-refractivity contribution in [1.29, 1.82) is 5.26 Å². The van der Waals surface area contributed by atoms with Gasteiger partial charge in [-0.05, 0) is 59.5 Å². The fourth-order valence-corrected chi connectivity index (χ4v) is 6.90. The highest BCUT2D eigenvalue weighted by atomic mass is 32.2. The molecule has 4 aromatic rings. The van der Waals surface area contributed by atoms with Crippen LogP contribution in [-0.2, 0) is 16.6 Å². The number of carbonyl (C=O) groups is 1. The van der Waals surface area contributed by atoms with Crippen molar-refractivity contribution in [3.05, 3.63) is 106 Å². The Morgan fingerprint density at radius 2 is 1.68 bits per heavy atom. The lowest BCUT2D eigenvalue weighted by Crippen LogP contribution is -2.49. The quantitative estimate of drug-likeness (QED) is 0.435. The van der Waals surface area contributed by atoms with Crippen molar-refractivity contribution in [1.82, 2.24) is 9.47 Å². The minimum absolute atomic E-state index is 0.00349. The largest absolute Gasteiger partial charge is 0.338 e. The van der Waals surface area contributed by atoms with Crippen LogP contribution in [-0.4, -0.2) is 36.9 Å². The number of pyridine rings is 1. The molecule has 9 heteroatoms. The number of nitriles is 1. The monoisotopic (exact) mass is 524 g/mol. The van der Waals surface area contributed by atoms with Crippen LogP contribution in [0.25, 0.3) is 10.8 Å². The minimum Gasteiger partial charge on any atom is -0.338 e. The van der Waals surface area contributed by atoms with E-state index in [1.807, 2.05) is 53.4 Å². The Balaban J connectivity index is 1.26. The summed E-state index contributed by atoms with van der Waals surface area (Å²) in [5.41, 5.74) is 0.949. The molecule has 2 aliphatic heterocycles. The summed E-state index contributed by atoms with van der Waals surface area (Å²) in [5.74, 6) is 0.0286. The zero-order chi connectivity index (χ0) is 26.4. The molecule has 0 saturated carbocycles. The van der Waals surface area contributed by atoms with Crippen LogP contribution in [0.2, 0.25) is 0 Å². The van der Waals surface area contributed by atoms with Crippen LogP contribution in [0.5, 0.6) is 0 Å². The smallest absolute Gasteiger partial charge is 0.275 e. The number of hydrogen-bond donors (Lipinski definition) is 1. The highest BCUT2D eigenvalue weighted by molar-refractivity contribution is 7.92. The number of amides is 1. The average Bonchev–Trinajstić information content (AvgIpc) is 2.94. The van der Waals surface area contributed by atoms with E-state index < -0.39 is 15.6 Å². The molecule has 38 heavy (non-hydrogen) atoms. The van der Waals surface area contributed by atoms with Crippen LogP contribution in [0.1, 0.15) is 34.0 Å². The molecular formula is C29H24N4O4S. The van der Waals surface area contributed by atoms with Crippen LogP contribution in [0, 0.1) is 17.2 Å². The van der Waals surface area contributed by atoms with E-state index in [0.29, 0.717) is 25.2 Å². The molecule has 0 radical (unpaired) electrons. The van der Waals surface area contributed by atoms with Crippen molar-refractivity contribution in [2.24, 2.45) is 5.92 Å². The Hall–Kier alpha value is -4.42. The van der Waals surface area contributed by atoms with Gasteiger partial charge in [-0.15, -0.1) is 0 Å². The lowest BCUT2D eigenvalue weighted by molar-refractivity contribution is 0.0595. The topological polar surface area (TPSA) is 112 Å². The first-order valence-corrected chi connectivity index (χ1v) is 13.9. The molecule has 1 aromatic heterocycles. The lowest BCUT2D eigenvalue weighted by Gasteiger charge is -2.43. The van der Waals surface area contributed by atoms with Crippen LogP contribution < -0.4 is 10.3 Å². The summed E-state index contributed by atoms with van der Waals surface area (Å²) in [6.45, 7) is 1.41. The maximum absolute atomic E-state index is 13.4. The first-order valence-electron chi connectivity index (χ1n) is 12.4. The number of hydrogen-bond acceptors (Lipinski definition) is 5.